The predicted octanol–water partition coefficient (Wildman–Crippen LogP) is 4.40. The largest absolute Gasteiger partial charge is 0.477 e. The molecule has 0 spiro atoms. The SMILES string of the molecule is c1ccc2oc(-c3cc(OCCCN4CCCCC4)nn4ccnc34)cc2c1. The average Bonchev–Trinajstić information content (AvgIpc) is 3.38. The van der Waals surface area contributed by atoms with E-state index in [0.29, 0.717) is 12.5 Å². The van der Waals surface area contributed by atoms with Crippen molar-refractivity contribution < 1.29 is 9.15 Å². The molecule has 6 heteroatoms. The van der Waals surface area contributed by atoms with Crippen molar-refractivity contribution in [3.05, 3.63) is 48.8 Å². The Kier molecular flexibility index (Phi) is 4.71. The monoisotopic (exact) mass is 376 g/mol. The third kappa shape index (κ3) is 3.47. The summed E-state index contributed by atoms with van der Waals surface area (Å²) in [4.78, 5) is 6.97. The molecular formula is C22H24N4O2. The van der Waals surface area contributed by atoms with Gasteiger partial charge in [0.15, 0.2) is 5.65 Å². The second kappa shape index (κ2) is 7.64. The maximum absolute atomic E-state index is 6.05. The standard InChI is InChI=1S/C22H24N4O2/c1-4-10-25(11-5-1)12-6-14-27-21-16-18(22-23-9-13-26(22)24-21)20-15-17-7-2-3-8-19(17)28-20/h2-3,7-9,13,15-16H,1,4-6,10-12,14H2. The molecule has 1 aliphatic heterocycles. The Bertz CT molecular complexity index is 1050. The lowest BCUT2D eigenvalue weighted by molar-refractivity contribution is 0.202. The minimum absolute atomic E-state index is 0.597. The van der Waals surface area contributed by atoms with Gasteiger partial charge >= 0.3 is 0 Å². The van der Waals surface area contributed by atoms with E-state index in [4.69, 9.17) is 9.15 Å². The number of aromatic nitrogens is 3. The van der Waals surface area contributed by atoms with E-state index in [1.807, 2.05) is 42.6 Å². The Labute approximate surface area is 163 Å². The van der Waals surface area contributed by atoms with Crippen LogP contribution in [0.3, 0.4) is 0 Å². The van der Waals surface area contributed by atoms with Crippen LogP contribution in [0.5, 0.6) is 5.88 Å². The minimum Gasteiger partial charge on any atom is -0.477 e. The van der Waals surface area contributed by atoms with Crippen LogP contribution < -0.4 is 4.74 Å². The van der Waals surface area contributed by atoms with Crippen molar-refractivity contribution in [3.63, 3.8) is 0 Å². The summed E-state index contributed by atoms with van der Waals surface area (Å²) in [6.07, 6.45) is 8.59. The molecule has 0 N–H and O–H groups in total. The molecule has 6 nitrogen and oxygen atoms in total. The fourth-order valence-corrected chi connectivity index (χ4v) is 3.91. The van der Waals surface area contributed by atoms with E-state index in [9.17, 15) is 0 Å². The van der Waals surface area contributed by atoms with E-state index in [0.717, 1.165) is 40.9 Å². The van der Waals surface area contributed by atoms with E-state index in [1.165, 1.54) is 32.4 Å². The summed E-state index contributed by atoms with van der Waals surface area (Å²) >= 11 is 0. The van der Waals surface area contributed by atoms with Crippen LogP contribution in [0.25, 0.3) is 27.9 Å². The number of rotatable bonds is 6. The first-order valence-corrected chi connectivity index (χ1v) is 10.1. The van der Waals surface area contributed by atoms with Gasteiger partial charge in [-0.15, -0.1) is 5.10 Å². The van der Waals surface area contributed by atoms with E-state index in [-0.39, 0.29) is 0 Å². The molecule has 144 valence electrons. The molecule has 0 atom stereocenters. The van der Waals surface area contributed by atoms with Crippen molar-refractivity contribution >= 4 is 16.6 Å². The summed E-state index contributed by atoms with van der Waals surface area (Å²) < 4.78 is 13.8. The van der Waals surface area contributed by atoms with Gasteiger partial charge in [0.25, 0.3) is 0 Å². The Balaban J connectivity index is 1.35. The number of benzene rings is 1. The highest BCUT2D eigenvalue weighted by Gasteiger charge is 2.15. The first-order valence-electron chi connectivity index (χ1n) is 10.1. The Morgan fingerprint density at radius 2 is 1.96 bits per heavy atom. The maximum Gasteiger partial charge on any atom is 0.232 e. The summed E-state index contributed by atoms with van der Waals surface area (Å²) in [6.45, 7) is 4.18. The zero-order valence-corrected chi connectivity index (χ0v) is 15.9. The smallest absolute Gasteiger partial charge is 0.232 e. The van der Waals surface area contributed by atoms with E-state index in [1.54, 1.807) is 10.7 Å². The number of nitrogens with zero attached hydrogens (tertiary/aromatic N) is 4. The Morgan fingerprint density at radius 3 is 2.86 bits per heavy atom. The molecule has 0 radical (unpaired) electrons. The average molecular weight is 376 g/mol. The van der Waals surface area contributed by atoms with Crippen molar-refractivity contribution in [3.8, 4) is 17.2 Å². The van der Waals surface area contributed by atoms with Gasteiger partial charge in [-0.25, -0.2) is 9.50 Å². The van der Waals surface area contributed by atoms with Crippen LogP contribution in [0.2, 0.25) is 0 Å². The van der Waals surface area contributed by atoms with Gasteiger partial charge < -0.3 is 14.1 Å². The molecule has 0 bridgehead atoms. The molecule has 1 fully saturated rings. The van der Waals surface area contributed by atoms with Crippen LogP contribution >= 0.6 is 0 Å². The number of para-hydroxylation sites is 1. The molecule has 4 aromatic rings. The van der Waals surface area contributed by atoms with E-state index in [2.05, 4.69) is 15.0 Å². The Morgan fingerprint density at radius 1 is 1.07 bits per heavy atom. The van der Waals surface area contributed by atoms with Crippen molar-refractivity contribution in [2.24, 2.45) is 0 Å². The minimum atomic E-state index is 0.597. The molecule has 28 heavy (non-hydrogen) atoms. The van der Waals surface area contributed by atoms with Gasteiger partial charge in [0.2, 0.25) is 5.88 Å². The predicted molar refractivity (Wildman–Crippen MR) is 109 cm³/mol. The lowest BCUT2D eigenvalue weighted by atomic mass is 10.1. The van der Waals surface area contributed by atoms with Gasteiger partial charge in [0.1, 0.15) is 11.3 Å². The van der Waals surface area contributed by atoms with Gasteiger partial charge in [-0.2, -0.15) is 0 Å². The molecule has 1 aliphatic rings. The van der Waals surface area contributed by atoms with Crippen LogP contribution in [-0.4, -0.2) is 45.7 Å². The molecule has 0 aliphatic carbocycles. The first kappa shape index (κ1) is 17.3. The molecule has 0 unspecified atom stereocenters. The lowest BCUT2D eigenvalue weighted by Crippen LogP contribution is -2.31. The first-order chi connectivity index (χ1) is 13.9. The number of hydrogen-bond acceptors (Lipinski definition) is 5. The maximum atomic E-state index is 6.05. The summed E-state index contributed by atoms with van der Waals surface area (Å²) in [5, 5.41) is 5.61. The fourth-order valence-electron chi connectivity index (χ4n) is 3.91. The zero-order valence-electron chi connectivity index (χ0n) is 15.9. The second-order valence-corrected chi connectivity index (χ2v) is 7.34. The number of imidazole rings is 1. The third-order valence-corrected chi connectivity index (χ3v) is 5.34. The highest BCUT2D eigenvalue weighted by Crippen LogP contribution is 2.31. The lowest BCUT2D eigenvalue weighted by Gasteiger charge is -2.26. The van der Waals surface area contributed by atoms with Crippen LogP contribution in [-0.2, 0) is 0 Å². The fraction of sp³-hybridized carbons (Fsp3) is 0.364. The van der Waals surface area contributed by atoms with Crippen molar-refractivity contribution in [1.82, 2.24) is 19.5 Å². The molecule has 1 saturated heterocycles. The second-order valence-electron chi connectivity index (χ2n) is 7.34. The van der Waals surface area contributed by atoms with E-state index >= 15 is 0 Å². The van der Waals surface area contributed by atoms with Gasteiger partial charge in [-0.05, 0) is 44.5 Å². The molecule has 5 rings (SSSR count). The van der Waals surface area contributed by atoms with Crippen LogP contribution in [0.1, 0.15) is 25.7 Å². The number of ether oxygens (including phenoxy) is 1. The summed E-state index contributed by atoms with van der Waals surface area (Å²) in [5.41, 5.74) is 2.52. The quantitative estimate of drug-likeness (QED) is 0.467. The highest BCUT2D eigenvalue weighted by molar-refractivity contribution is 5.86. The number of fused-ring (bicyclic) bond motifs is 2. The number of likely N-dealkylation sites (tertiary alicyclic amines) is 1. The zero-order chi connectivity index (χ0) is 18.8. The third-order valence-electron chi connectivity index (χ3n) is 5.34. The molecular weight excluding hydrogens is 352 g/mol. The van der Waals surface area contributed by atoms with Gasteiger partial charge in [-0.3, -0.25) is 0 Å². The molecule has 4 heterocycles. The number of hydrogen-bond donors (Lipinski definition) is 0. The molecule has 1 aromatic carbocycles. The molecule has 3 aromatic heterocycles. The highest BCUT2D eigenvalue weighted by atomic mass is 16.5. The normalized spacial score (nSPS) is 15.4. The van der Waals surface area contributed by atoms with Gasteiger partial charge in [-0.1, -0.05) is 24.6 Å². The Hall–Kier alpha value is -2.86. The molecule has 0 saturated carbocycles. The number of furan rings is 1. The van der Waals surface area contributed by atoms with Gasteiger partial charge in [0, 0.05) is 30.4 Å². The number of piperidine rings is 1. The van der Waals surface area contributed by atoms with Crippen LogP contribution in [0, 0.1) is 0 Å². The topological polar surface area (TPSA) is 55.8 Å². The van der Waals surface area contributed by atoms with Crippen molar-refractivity contribution in [2.75, 3.05) is 26.2 Å². The van der Waals surface area contributed by atoms with Crippen molar-refractivity contribution in [1.29, 1.82) is 0 Å². The molecule has 0 amide bonds. The van der Waals surface area contributed by atoms with Crippen molar-refractivity contribution in [2.45, 2.75) is 25.7 Å². The van der Waals surface area contributed by atoms with Gasteiger partial charge in [0.05, 0.1) is 12.2 Å². The van der Waals surface area contributed by atoms with E-state index < -0.39 is 0 Å². The summed E-state index contributed by atoms with van der Waals surface area (Å²) in [6, 6.07) is 12.0. The van der Waals surface area contributed by atoms with Crippen LogP contribution in [0.4, 0.5) is 0 Å². The van der Waals surface area contributed by atoms with Crippen LogP contribution in [0.15, 0.2) is 53.2 Å². The summed E-state index contributed by atoms with van der Waals surface area (Å²) in [7, 11) is 0. The summed E-state index contributed by atoms with van der Waals surface area (Å²) in [5.74, 6) is 1.37.